The maximum atomic E-state index is 13.9. The third kappa shape index (κ3) is 8.33. The zero-order valence-electron chi connectivity index (χ0n) is 27.2. The first-order valence-corrected chi connectivity index (χ1v) is 18.0. The van der Waals surface area contributed by atoms with E-state index in [0.29, 0.717) is 48.2 Å². The summed E-state index contributed by atoms with van der Waals surface area (Å²) in [6, 6.07) is 16.5. The van der Waals surface area contributed by atoms with Gasteiger partial charge in [-0.1, -0.05) is 59.6 Å². The molecule has 258 valence electrons. The van der Waals surface area contributed by atoms with Gasteiger partial charge in [-0.05, 0) is 68.5 Å². The van der Waals surface area contributed by atoms with Gasteiger partial charge >= 0.3 is 0 Å². The summed E-state index contributed by atoms with van der Waals surface area (Å²) in [7, 11) is -4.19. The number of hydrogen-bond acceptors (Lipinski definition) is 7. The second kappa shape index (κ2) is 15.5. The Balaban J connectivity index is 1.19. The zero-order valence-corrected chi connectivity index (χ0v) is 29.5. The van der Waals surface area contributed by atoms with Crippen LogP contribution in [0.25, 0.3) is 10.9 Å². The van der Waals surface area contributed by atoms with Crippen molar-refractivity contribution in [1.29, 1.82) is 5.41 Å². The van der Waals surface area contributed by atoms with Crippen molar-refractivity contribution < 1.29 is 22.7 Å². The molecule has 5 N–H and O–H groups in total. The number of carbonyl (C=O) groups is 2. The molecule has 1 atom stereocenters. The van der Waals surface area contributed by atoms with Gasteiger partial charge in [-0.2, -0.15) is 4.31 Å². The van der Waals surface area contributed by atoms with E-state index in [2.05, 4.69) is 15.6 Å². The minimum atomic E-state index is -4.19. The first kappa shape index (κ1) is 36.1. The number of sulfonamides is 1. The highest BCUT2D eigenvalue weighted by molar-refractivity contribution is 7.89. The highest BCUT2D eigenvalue weighted by Crippen LogP contribution is 2.36. The van der Waals surface area contributed by atoms with E-state index in [-0.39, 0.29) is 52.8 Å². The number of nitrogen functional groups attached to an aromatic ring is 1. The molecule has 14 heteroatoms. The molecule has 4 aromatic rings. The average molecular weight is 726 g/mol. The lowest BCUT2D eigenvalue weighted by atomic mass is 10.1. The van der Waals surface area contributed by atoms with Gasteiger partial charge in [0, 0.05) is 53.3 Å². The number of nitrogens with one attached hydrogen (secondary N) is 3. The molecule has 1 aliphatic rings. The number of amidine groups is 1. The van der Waals surface area contributed by atoms with Crippen LogP contribution in [0.4, 0.5) is 0 Å². The molecule has 1 saturated heterocycles. The van der Waals surface area contributed by atoms with E-state index < -0.39 is 22.0 Å². The molecule has 11 nitrogen and oxygen atoms in total. The molecule has 0 spiro atoms. The summed E-state index contributed by atoms with van der Waals surface area (Å²) in [5, 5.41) is 14.2. The van der Waals surface area contributed by atoms with Crippen molar-refractivity contribution in [2.45, 2.75) is 63.6 Å². The highest BCUT2D eigenvalue weighted by Gasteiger charge is 2.40. The molecule has 0 saturated carbocycles. The van der Waals surface area contributed by atoms with E-state index in [0.717, 1.165) is 22.2 Å². The predicted molar refractivity (Wildman–Crippen MR) is 190 cm³/mol. The predicted octanol–water partition coefficient (Wildman–Crippen LogP) is 5.39. The summed E-state index contributed by atoms with van der Waals surface area (Å²) in [5.41, 5.74) is 9.81. The van der Waals surface area contributed by atoms with E-state index in [1.807, 2.05) is 32.0 Å². The lowest BCUT2D eigenvalue weighted by Crippen LogP contribution is -2.46. The van der Waals surface area contributed by atoms with Crippen molar-refractivity contribution in [3.8, 4) is 5.75 Å². The number of ether oxygens (including phenoxy) is 1. The Morgan fingerprint density at radius 2 is 1.84 bits per heavy atom. The number of aromatic nitrogens is 1. The van der Waals surface area contributed by atoms with Gasteiger partial charge in [0.05, 0.1) is 5.02 Å². The molecule has 5 rings (SSSR count). The SMILES string of the molecule is Cc1cc(C)c2cccc(OCc3c(Cl)ccc(S(=O)(=O)N4CCC[C@H]4C(=O)NCCCC(=O)NCc4ccc(C(=N)N)cc4)c3Cl)c2n1. The Kier molecular flexibility index (Phi) is 11.4. The number of halogens is 2. The van der Waals surface area contributed by atoms with Gasteiger partial charge in [0.1, 0.15) is 34.6 Å². The molecule has 0 aliphatic carbocycles. The lowest BCUT2D eigenvalue weighted by Gasteiger charge is -2.24. The van der Waals surface area contributed by atoms with E-state index in [1.54, 1.807) is 30.3 Å². The van der Waals surface area contributed by atoms with Crippen LogP contribution >= 0.6 is 23.2 Å². The molecule has 3 aromatic carbocycles. The van der Waals surface area contributed by atoms with Crippen LogP contribution in [0.1, 0.15) is 53.6 Å². The molecule has 0 radical (unpaired) electrons. The number of carbonyl (C=O) groups excluding carboxylic acids is 2. The molecule has 2 heterocycles. The van der Waals surface area contributed by atoms with Gasteiger partial charge < -0.3 is 21.1 Å². The summed E-state index contributed by atoms with van der Waals surface area (Å²) < 4.78 is 35.1. The van der Waals surface area contributed by atoms with Crippen molar-refractivity contribution in [2.24, 2.45) is 5.73 Å². The third-order valence-corrected chi connectivity index (χ3v) is 11.2. The second-order valence-electron chi connectivity index (χ2n) is 11.9. The van der Waals surface area contributed by atoms with Crippen LogP contribution in [0.3, 0.4) is 0 Å². The number of para-hydroxylation sites is 1. The molecule has 1 fully saturated rings. The number of fused-ring (bicyclic) bond motifs is 1. The number of nitrogens with zero attached hydrogens (tertiary/aromatic N) is 2. The molecular weight excluding hydrogens is 687 g/mol. The molecule has 1 aliphatic heterocycles. The maximum Gasteiger partial charge on any atom is 0.245 e. The largest absolute Gasteiger partial charge is 0.487 e. The van der Waals surface area contributed by atoms with Crippen LogP contribution in [-0.4, -0.2) is 54.5 Å². The minimum absolute atomic E-state index is 0.0271. The Hall–Kier alpha value is -4.23. The van der Waals surface area contributed by atoms with Crippen LogP contribution in [0.2, 0.25) is 10.0 Å². The van der Waals surface area contributed by atoms with Gasteiger partial charge in [0.25, 0.3) is 0 Å². The summed E-state index contributed by atoms with van der Waals surface area (Å²) in [5.74, 6) is -0.136. The lowest BCUT2D eigenvalue weighted by molar-refractivity contribution is -0.125. The van der Waals surface area contributed by atoms with Gasteiger partial charge in [-0.25, -0.2) is 13.4 Å². The van der Waals surface area contributed by atoms with Crippen molar-refractivity contribution >= 4 is 61.8 Å². The average Bonchev–Trinajstić information content (AvgIpc) is 3.57. The Bertz CT molecular complexity index is 2010. The molecule has 0 bridgehead atoms. The number of amides is 2. The van der Waals surface area contributed by atoms with Gasteiger partial charge in [-0.15, -0.1) is 0 Å². The number of benzene rings is 3. The molecule has 1 aromatic heterocycles. The first-order chi connectivity index (χ1) is 23.4. The summed E-state index contributed by atoms with van der Waals surface area (Å²) in [6.45, 7) is 4.47. The van der Waals surface area contributed by atoms with Gasteiger partial charge in [-0.3, -0.25) is 15.0 Å². The molecule has 0 unspecified atom stereocenters. The van der Waals surface area contributed by atoms with E-state index >= 15 is 0 Å². The Morgan fingerprint density at radius 3 is 2.57 bits per heavy atom. The molecule has 2 amide bonds. The summed E-state index contributed by atoms with van der Waals surface area (Å²) in [6.07, 6.45) is 1.40. The van der Waals surface area contributed by atoms with Crippen LogP contribution in [0, 0.1) is 19.3 Å². The number of hydrogen-bond donors (Lipinski definition) is 4. The van der Waals surface area contributed by atoms with E-state index in [4.69, 9.17) is 39.1 Å². The maximum absolute atomic E-state index is 13.9. The van der Waals surface area contributed by atoms with Crippen LogP contribution in [-0.2, 0) is 32.8 Å². The second-order valence-corrected chi connectivity index (χ2v) is 14.6. The highest BCUT2D eigenvalue weighted by atomic mass is 35.5. The van der Waals surface area contributed by atoms with Crippen molar-refractivity contribution in [3.63, 3.8) is 0 Å². The minimum Gasteiger partial charge on any atom is -0.487 e. The fourth-order valence-electron chi connectivity index (χ4n) is 5.82. The quantitative estimate of drug-likeness (QED) is 0.0815. The zero-order chi connectivity index (χ0) is 35.3. The van der Waals surface area contributed by atoms with E-state index in [1.165, 1.54) is 16.4 Å². The number of pyridine rings is 1. The smallest absolute Gasteiger partial charge is 0.245 e. The number of nitrogens with two attached hydrogens (primary N) is 1. The van der Waals surface area contributed by atoms with Crippen molar-refractivity contribution in [2.75, 3.05) is 13.1 Å². The standard InChI is InChI=1S/C35H38Cl2N6O5S/c1-21-18-22(2)42-33-25(21)6-3-8-29(33)48-20-26-27(36)14-15-30(32(26)37)49(46,47)43-17-5-7-28(43)35(45)40-16-4-9-31(44)41-19-23-10-12-24(13-11-23)34(38)39/h3,6,8,10-15,18,28H,4-5,7,9,16-17,19-20H2,1-2H3,(H3,38,39)(H,40,45)(H,41,44)/t28-/m0/s1. The van der Waals surface area contributed by atoms with E-state index in [9.17, 15) is 18.0 Å². The van der Waals surface area contributed by atoms with Crippen LogP contribution < -0.4 is 21.1 Å². The van der Waals surface area contributed by atoms with Crippen molar-refractivity contribution in [3.05, 3.63) is 98.7 Å². The van der Waals surface area contributed by atoms with Gasteiger partial charge in [0.2, 0.25) is 21.8 Å². The normalized spacial score (nSPS) is 14.9. The topological polar surface area (TPSA) is 168 Å². The summed E-state index contributed by atoms with van der Waals surface area (Å²) in [4.78, 5) is 30.0. The first-order valence-electron chi connectivity index (χ1n) is 15.8. The van der Waals surface area contributed by atoms with Crippen molar-refractivity contribution in [1.82, 2.24) is 19.9 Å². The van der Waals surface area contributed by atoms with Crippen LogP contribution in [0.5, 0.6) is 5.75 Å². The monoisotopic (exact) mass is 724 g/mol. The molecule has 49 heavy (non-hydrogen) atoms. The third-order valence-electron chi connectivity index (χ3n) is 8.39. The Morgan fingerprint density at radius 1 is 1.08 bits per heavy atom. The summed E-state index contributed by atoms with van der Waals surface area (Å²) >= 11 is 13.2. The fraction of sp³-hybridized carbons (Fsp3) is 0.314. The fourth-order valence-corrected chi connectivity index (χ4v) is 8.34. The molecular formula is C35H38Cl2N6O5S. The van der Waals surface area contributed by atoms with Crippen LogP contribution in [0.15, 0.2) is 65.6 Å². The van der Waals surface area contributed by atoms with Gasteiger partial charge in [0.15, 0.2) is 0 Å². The number of rotatable bonds is 13. The Labute approximate surface area is 295 Å². The number of aryl methyl sites for hydroxylation is 2.